The van der Waals surface area contributed by atoms with Gasteiger partial charge in [0, 0.05) is 38.3 Å². The number of piperidine rings is 1. The molecule has 0 spiro atoms. The minimum absolute atomic E-state index is 0.00768. The number of nitrogens with zero attached hydrogens (tertiary/aromatic N) is 6. The first kappa shape index (κ1) is 27.9. The highest BCUT2D eigenvalue weighted by atomic mass is 19.4. The molecule has 2 aliphatic rings. The molecule has 3 atom stereocenters. The van der Waals surface area contributed by atoms with E-state index in [4.69, 9.17) is 0 Å². The van der Waals surface area contributed by atoms with Crippen LogP contribution < -0.4 is 10.6 Å². The van der Waals surface area contributed by atoms with Crippen LogP contribution in [0, 0.1) is 17.8 Å². The first-order valence-corrected chi connectivity index (χ1v) is 13.2. The van der Waals surface area contributed by atoms with E-state index in [2.05, 4.69) is 31.0 Å². The molecule has 3 aromatic heterocycles. The van der Waals surface area contributed by atoms with Gasteiger partial charge in [0.15, 0.2) is 5.65 Å². The molecule has 1 saturated carbocycles. The maximum atomic E-state index is 13.9. The Hall–Kier alpha value is -3.65. The number of aromatic nitrogens is 6. The van der Waals surface area contributed by atoms with Crippen molar-refractivity contribution in [2.24, 2.45) is 17.8 Å². The first-order valence-electron chi connectivity index (χ1n) is 13.2. The molecule has 40 heavy (non-hydrogen) atoms. The lowest BCUT2D eigenvalue weighted by atomic mass is 9.81. The summed E-state index contributed by atoms with van der Waals surface area (Å²) in [6.07, 6.45) is -2.09. The highest BCUT2D eigenvalue weighted by Crippen LogP contribution is 2.41. The summed E-state index contributed by atoms with van der Waals surface area (Å²) < 4.78 is 70.4. The summed E-state index contributed by atoms with van der Waals surface area (Å²) in [6, 6.07) is 2.51. The van der Waals surface area contributed by atoms with Crippen LogP contribution >= 0.6 is 0 Å². The van der Waals surface area contributed by atoms with Crippen LogP contribution in [-0.2, 0) is 17.8 Å². The summed E-state index contributed by atoms with van der Waals surface area (Å²) in [5.74, 6) is -6.51. The monoisotopic (exact) mass is 568 g/mol. The zero-order chi connectivity index (χ0) is 28.7. The number of nitrogens with one attached hydrogen (secondary N) is 2. The molecule has 2 amide bonds. The van der Waals surface area contributed by atoms with Gasteiger partial charge >= 0.3 is 6.18 Å². The molecule has 10 nitrogen and oxygen atoms in total. The Kier molecular flexibility index (Phi) is 7.48. The van der Waals surface area contributed by atoms with Gasteiger partial charge in [-0.25, -0.2) is 23.0 Å². The third-order valence-corrected chi connectivity index (χ3v) is 7.76. The summed E-state index contributed by atoms with van der Waals surface area (Å²) in [5.41, 5.74) is 1.44. The molecular formula is C25H29F5N8O2. The van der Waals surface area contributed by atoms with Crippen molar-refractivity contribution in [1.29, 1.82) is 0 Å². The van der Waals surface area contributed by atoms with Crippen LogP contribution in [0.25, 0.3) is 5.65 Å². The topological polar surface area (TPSA) is 119 Å². The van der Waals surface area contributed by atoms with Gasteiger partial charge in [0.25, 0.3) is 5.91 Å². The van der Waals surface area contributed by atoms with E-state index in [1.807, 2.05) is 0 Å². The number of alkyl halides is 5. The number of imidazole rings is 1. The molecule has 0 aromatic carbocycles. The normalized spacial score (nSPS) is 22.7. The van der Waals surface area contributed by atoms with Crippen LogP contribution in [0.15, 0.2) is 24.5 Å². The lowest BCUT2D eigenvalue weighted by Crippen LogP contribution is -2.47. The predicted octanol–water partition coefficient (Wildman–Crippen LogP) is 3.49. The fraction of sp³-hybridized carbons (Fsp3) is 0.600. The lowest BCUT2D eigenvalue weighted by Gasteiger charge is -2.33. The van der Waals surface area contributed by atoms with Crippen molar-refractivity contribution in [3.63, 3.8) is 0 Å². The van der Waals surface area contributed by atoms with E-state index in [9.17, 15) is 31.5 Å². The summed E-state index contributed by atoms with van der Waals surface area (Å²) in [5, 5.41) is 17.4. The van der Waals surface area contributed by atoms with Crippen molar-refractivity contribution in [3.05, 3.63) is 41.6 Å². The molecule has 0 radical (unpaired) electrons. The average Bonchev–Trinajstić information content (AvgIpc) is 3.55. The van der Waals surface area contributed by atoms with E-state index in [1.165, 1.54) is 15.4 Å². The lowest BCUT2D eigenvalue weighted by molar-refractivity contribution is -0.183. The minimum Gasteiger partial charge on any atom is -0.355 e. The fourth-order valence-electron chi connectivity index (χ4n) is 5.49. The Bertz CT molecular complexity index is 1380. The Labute approximate surface area is 225 Å². The van der Waals surface area contributed by atoms with Crippen molar-refractivity contribution in [2.45, 2.75) is 70.1 Å². The Morgan fingerprint density at radius 2 is 2.00 bits per heavy atom. The maximum absolute atomic E-state index is 13.9. The van der Waals surface area contributed by atoms with Gasteiger partial charge < -0.3 is 10.6 Å². The van der Waals surface area contributed by atoms with Gasteiger partial charge in [-0.15, -0.1) is 5.10 Å². The van der Waals surface area contributed by atoms with Gasteiger partial charge in [0.1, 0.15) is 5.69 Å². The molecule has 3 aromatic rings. The van der Waals surface area contributed by atoms with E-state index in [1.54, 1.807) is 25.3 Å². The van der Waals surface area contributed by atoms with Crippen LogP contribution in [0.5, 0.6) is 0 Å². The molecule has 2 N–H and O–H groups in total. The molecule has 1 aliphatic carbocycles. The number of carbonyl (C=O) groups excluding carboxylic acids is 2. The van der Waals surface area contributed by atoms with Gasteiger partial charge in [-0.2, -0.15) is 18.3 Å². The largest absolute Gasteiger partial charge is 0.393 e. The molecule has 5 rings (SSSR count). The smallest absolute Gasteiger partial charge is 0.355 e. The molecule has 1 saturated heterocycles. The summed E-state index contributed by atoms with van der Waals surface area (Å²) in [7, 11) is 0. The number of amides is 2. The summed E-state index contributed by atoms with van der Waals surface area (Å²) in [4.78, 5) is 30.0. The Morgan fingerprint density at radius 1 is 1.25 bits per heavy atom. The second-order valence-electron chi connectivity index (χ2n) is 10.5. The zero-order valence-electron chi connectivity index (χ0n) is 21.7. The summed E-state index contributed by atoms with van der Waals surface area (Å²) >= 11 is 0. The quantitative estimate of drug-likeness (QED) is 0.422. The highest BCUT2D eigenvalue weighted by molar-refractivity contribution is 5.92. The number of hydrogen-bond donors (Lipinski definition) is 2. The molecule has 4 heterocycles. The van der Waals surface area contributed by atoms with Crippen LogP contribution in [0.2, 0.25) is 0 Å². The van der Waals surface area contributed by atoms with Crippen LogP contribution in [0.1, 0.15) is 66.9 Å². The molecule has 1 unspecified atom stereocenters. The Morgan fingerprint density at radius 3 is 2.70 bits per heavy atom. The standard InChI is InChI=1S/C25H29F5N8O2/c1-2-37-19(12-32-36-37)23(40)34-21(14-5-7-24(26,27)8-6-14)18-13-38-20(33-18)4-3-17(35-38)10-15-9-16(25(28,29)30)11-31-22(15)39/h3-4,12-16,21H,2,5-11H2,1H3,(H,31,39)(H,34,40)/t15?,16-,21+/m1/s1. The number of aryl methyl sites for hydroxylation is 1. The van der Waals surface area contributed by atoms with Crippen molar-refractivity contribution in [2.75, 3.05) is 6.54 Å². The van der Waals surface area contributed by atoms with Gasteiger partial charge in [0.05, 0.1) is 35.7 Å². The van der Waals surface area contributed by atoms with Crippen molar-refractivity contribution in [1.82, 2.24) is 40.2 Å². The zero-order valence-corrected chi connectivity index (χ0v) is 21.7. The van der Waals surface area contributed by atoms with E-state index < -0.39 is 48.3 Å². The van der Waals surface area contributed by atoms with Crippen LogP contribution in [-0.4, -0.2) is 60.0 Å². The first-order chi connectivity index (χ1) is 18.9. The fourth-order valence-corrected chi connectivity index (χ4v) is 5.49. The summed E-state index contributed by atoms with van der Waals surface area (Å²) in [6.45, 7) is 1.77. The van der Waals surface area contributed by atoms with Crippen molar-refractivity contribution in [3.8, 4) is 0 Å². The van der Waals surface area contributed by atoms with E-state index >= 15 is 0 Å². The molecule has 15 heteroatoms. The second-order valence-corrected chi connectivity index (χ2v) is 10.5. The second kappa shape index (κ2) is 10.7. The van der Waals surface area contributed by atoms with E-state index in [0.29, 0.717) is 23.6 Å². The third kappa shape index (κ3) is 5.92. The van der Waals surface area contributed by atoms with Gasteiger partial charge in [-0.05, 0) is 44.2 Å². The number of halogens is 5. The van der Waals surface area contributed by atoms with E-state index in [-0.39, 0.29) is 50.1 Å². The van der Waals surface area contributed by atoms with Gasteiger partial charge in [0.2, 0.25) is 11.8 Å². The van der Waals surface area contributed by atoms with Gasteiger partial charge in [-0.3, -0.25) is 9.59 Å². The molecular weight excluding hydrogens is 539 g/mol. The molecule has 0 bridgehead atoms. The molecule has 2 fully saturated rings. The number of rotatable bonds is 7. The minimum atomic E-state index is -4.41. The molecule has 1 aliphatic heterocycles. The maximum Gasteiger partial charge on any atom is 0.393 e. The van der Waals surface area contributed by atoms with Crippen LogP contribution in [0.4, 0.5) is 22.0 Å². The van der Waals surface area contributed by atoms with Crippen molar-refractivity contribution < 1.29 is 31.5 Å². The highest BCUT2D eigenvalue weighted by Gasteiger charge is 2.45. The SMILES string of the molecule is CCn1nncc1C(=O)N[C@H](c1cn2nc(CC3C[C@@H](C(F)(F)F)CNC3=O)ccc2n1)C1CCC(F)(F)CC1. The number of fused-ring (bicyclic) bond motifs is 1. The Balaban J connectivity index is 1.39. The number of carbonyl (C=O) groups is 2. The van der Waals surface area contributed by atoms with Gasteiger partial charge in [-0.1, -0.05) is 5.21 Å². The van der Waals surface area contributed by atoms with E-state index in [0.717, 1.165) is 0 Å². The van der Waals surface area contributed by atoms with Crippen molar-refractivity contribution >= 4 is 17.5 Å². The average molecular weight is 569 g/mol. The third-order valence-electron chi connectivity index (χ3n) is 7.76. The molecule has 216 valence electrons. The predicted molar refractivity (Wildman–Crippen MR) is 130 cm³/mol. The van der Waals surface area contributed by atoms with Crippen LogP contribution in [0.3, 0.4) is 0 Å². The number of hydrogen-bond acceptors (Lipinski definition) is 6.